The van der Waals surface area contributed by atoms with E-state index < -0.39 is 34.8 Å². The van der Waals surface area contributed by atoms with Crippen LogP contribution in [0.15, 0.2) is 30.5 Å². The highest BCUT2D eigenvalue weighted by molar-refractivity contribution is 7.58. The molecule has 2 N–H and O–H groups in total. The molecule has 1 aromatic carbocycles. The lowest BCUT2D eigenvalue weighted by Crippen LogP contribution is -2.19. The number of ether oxygens (including phenoxy) is 1. The Kier molecular flexibility index (Phi) is 6.77. The first-order chi connectivity index (χ1) is 13.3. The van der Waals surface area contributed by atoms with Crippen molar-refractivity contribution >= 4 is 30.3 Å². The van der Waals surface area contributed by atoms with Crippen molar-refractivity contribution in [3.63, 3.8) is 0 Å². The number of nitro benzene ring substituents is 1. The van der Waals surface area contributed by atoms with Crippen LogP contribution in [0.4, 0.5) is 24.5 Å². The molecule has 0 saturated carbocycles. The molecule has 0 amide bonds. The third kappa shape index (κ3) is 5.81. The Balaban J connectivity index is 2.38. The van der Waals surface area contributed by atoms with Crippen molar-refractivity contribution in [1.82, 2.24) is 4.98 Å². The van der Waals surface area contributed by atoms with Gasteiger partial charge in [-0.25, -0.2) is 4.98 Å². The maximum absolute atomic E-state index is 12.7. The molecule has 2 rings (SSSR count). The lowest BCUT2D eigenvalue weighted by molar-refractivity contribution is -0.384. The van der Waals surface area contributed by atoms with Crippen LogP contribution in [0.2, 0.25) is 5.02 Å². The van der Waals surface area contributed by atoms with Gasteiger partial charge in [0.15, 0.2) is 0 Å². The molecule has 2 unspecified atom stereocenters. The van der Waals surface area contributed by atoms with Gasteiger partial charge in [0, 0.05) is 25.0 Å². The lowest BCUT2D eigenvalue weighted by atomic mass is 10.2. The number of aromatic nitrogens is 1. The largest absolute Gasteiger partial charge is 0.437 e. The van der Waals surface area contributed by atoms with Crippen LogP contribution in [-0.2, 0) is 10.7 Å². The third-order valence-electron chi connectivity index (χ3n) is 3.80. The molecule has 0 radical (unpaired) electrons. The van der Waals surface area contributed by atoms with Crippen molar-refractivity contribution in [2.45, 2.75) is 25.3 Å². The first kappa shape index (κ1) is 22.9. The second-order valence-electron chi connectivity index (χ2n) is 6.06. The molecule has 0 aliphatic carbocycles. The highest BCUT2D eigenvalue weighted by Crippen LogP contribution is 2.45. The summed E-state index contributed by atoms with van der Waals surface area (Å²) in [6.07, 6.45) is -3.88. The molecule has 13 heteroatoms. The van der Waals surface area contributed by atoms with Crippen molar-refractivity contribution < 1.29 is 32.3 Å². The number of alkyl halides is 3. The number of nitrogens with one attached hydrogen (secondary N) is 1. The topological polar surface area (TPSA) is 115 Å². The van der Waals surface area contributed by atoms with Crippen LogP contribution in [0.1, 0.15) is 18.9 Å². The van der Waals surface area contributed by atoms with Crippen molar-refractivity contribution in [2.75, 3.05) is 12.0 Å². The van der Waals surface area contributed by atoms with E-state index in [2.05, 4.69) is 10.3 Å². The second kappa shape index (κ2) is 8.56. The minimum Gasteiger partial charge on any atom is -0.437 e. The average Bonchev–Trinajstić information content (AvgIpc) is 2.59. The molecule has 0 aliphatic rings. The van der Waals surface area contributed by atoms with Crippen LogP contribution < -0.4 is 10.1 Å². The summed E-state index contributed by atoms with van der Waals surface area (Å²) in [6, 6.07) is 4.09. The highest BCUT2D eigenvalue weighted by Gasteiger charge is 2.32. The quantitative estimate of drug-likeness (QED) is 0.323. The van der Waals surface area contributed by atoms with Gasteiger partial charge in [0.25, 0.3) is 5.69 Å². The summed E-state index contributed by atoms with van der Waals surface area (Å²) in [6.45, 7) is 2.74. The van der Waals surface area contributed by atoms with E-state index in [1.807, 2.05) is 0 Å². The number of pyridine rings is 1. The first-order valence-electron chi connectivity index (χ1n) is 8.08. The fourth-order valence-electron chi connectivity index (χ4n) is 2.36. The van der Waals surface area contributed by atoms with E-state index >= 15 is 0 Å². The van der Waals surface area contributed by atoms with E-state index in [-0.39, 0.29) is 29.4 Å². The summed E-state index contributed by atoms with van der Waals surface area (Å²) in [4.78, 5) is 23.9. The molecule has 0 bridgehead atoms. The summed E-state index contributed by atoms with van der Waals surface area (Å²) in [5.41, 5.74) is -1.54. The normalized spacial score (nSPS) is 14.7. The van der Waals surface area contributed by atoms with Gasteiger partial charge in [-0.2, -0.15) is 13.2 Å². The molecular weight excluding hydrogens is 438 g/mol. The van der Waals surface area contributed by atoms with Crippen LogP contribution in [0.5, 0.6) is 11.6 Å². The lowest BCUT2D eigenvalue weighted by Gasteiger charge is -2.21. The minimum absolute atomic E-state index is 0.0222. The Morgan fingerprint density at radius 3 is 2.55 bits per heavy atom. The van der Waals surface area contributed by atoms with Gasteiger partial charge in [-0.1, -0.05) is 18.5 Å². The summed E-state index contributed by atoms with van der Waals surface area (Å²) >= 11 is 5.79. The van der Waals surface area contributed by atoms with E-state index in [1.165, 1.54) is 12.1 Å². The van der Waals surface area contributed by atoms with Gasteiger partial charge >= 0.3 is 6.18 Å². The van der Waals surface area contributed by atoms with Crippen molar-refractivity contribution in [1.29, 1.82) is 0 Å². The smallest absolute Gasteiger partial charge is 0.417 e. The Hall–Kier alpha value is -2.36. The predicted octanol–water partition coefficient (Wildman–Crippen LogP) is 5.50. The van der Waals surface area contributed by atoms with E-state index in [0.717, 1.165) is 12.7 Å². The van der Waals surface area contributed by atoms with E-state index in [1.54, 1.807) is 6.92 Å². The Morgan fingerprint density at radius 1 is 1.41 bits per heavy atom. The molecular formula is C16H16ClF3N3O5P. The number of hydrogen-bond donors (Lipinski definition) is 2. The molecule has 0 saturated heterocycles. The summed E-state index contributed by atoms with van der Waals surface area (Å²) in [5, 5.41) is 13.5. The second-order valence-corrected chi connectivity index (χ2v) is 8.98. The fourth-order valence-corrected chi connectivity index (χ4v) is 3.62. The maximum atomic E-state index is 12.7. The van der Waals surface area contributed by atoms with Gasteiger partial charge in [0.2, 0.25) is 13.2 Å². The zero-order valence-electron chi connectivity index (χ0n) is 15.1. The monoisotopic (exact) mass is 453 g/mol. The minimum atomic E-state index is -4.63. The SMILES string of the molecule is CCC(Nc1cc(Oc2ncc(C(F)(F)F)cc2Cl)ccc1[N+](=O)[O-])P(C)(=O)O. The standard InChI is InChI=1S/C16H16ClF3N3O5P/c1-3-14(29(2,26)27)22-12-7-10(4-5-13(12)23(24)25)28-15-11(17)6-9(8-21-15)16(18,19)20/h4-8,14,22H,3H2,1-2H3,(H,26,27). The van der Waals surface area contributed by atoms with Crippen LogP contribution >= 0.6 is 19.0 Å². The fraction of sp³-hybridized carbons (Fsp3) is 0.312. The molecule has 0 fully saturated rings. The molecule has 8 nitrogen and oxygen atoms in total. The zero-order valence-corrected chi connectivity index (χ0v) is 16.8. The van der Waals surface area contributed by atoms with Crippen LogP contribution in [0, 0.1) is 10.1 Å². The van der Waals surface area contributed by atoms with E-state index in [0.29, 0.717) is 12.3 Å². The Morgan fingerprint density at radius 2 is 2.07 bits per heavy atom. The molecule has 0 spiro atoms. The number of anilines is 1. The molecule has 0 aliphatic heterocycles. The average molecular weight is 454 g/mol. The number of benzene rings is 1. The Labute approximate surface area is 168 Å². The van der Waals surface area contributed by atoms with Gasteiger partial charge in [-0.15, -0.1) is 0 Å². The number of rotatable bonds is 7. The number of hydrogen-bond acceptors (Lipinski definition) is 6. The van der Waals surface area contributed by atoms with Crippen molar-refractivity contribution in [2.24, 2.45) is 0 Å². The van der Waals surface area contributed by atoms with Gasteiger partial charge in [0.1, 0.15) is 22.2 Å². The number of halogens is 4. The van der Waals surface area contributed by atoms with Gasteiger partial charge in [-0.05, 0) is 18.6 Å². The van der Waals surface area contributed by atoms with E-state index in [9.17, 15) is 32.7 Å². The molecule has 29 heavy (non-hydrogen) atoms. The predicted molar refractivity (Wildman–Crippen MR) is 101 cm³/mol. The van der Waals surface area contributed by atoms with Crippen LogP contribution in [0.3, 0.4) is 0 Å². The molecule has 158 valence electrons. The highest BCUT2D eigenvalue weighted by atomic mass is 35.5. The van der Waals surface area contributed by atoms with Crippen molar-refractivity contribution in [3.8, 4) is 11.6 Å². The van der Waals surface area contributed by atoms with Crippen LogP contribution in [-0.4, -0.2) is 27.2 Å². The third-order valence-corrected chi connectivity index (χ3v) is 5.72. The van der Waals surface area contributed by atoms with E-state index in [4.69, 9.17) is 16.3 Å². The molecule has 1 heterocycles. The molecule has 2 aromatic rings. The summed E-state index contributed by atoms with van der Waals surface area (Å²) < 4.78 is 55.4. The zero-order chi connectivity index (χ0) is 22.0. The molecule has 2 atom stereocenters. The summed E-state index contributed by atoms with van der Waals surface area (Å²) in [5.74, 6) is -1.31. The Bertz CT molecular complexity index is 967. The number of nitrogens with zero attached hydrogens (tertiary/aromatic N) is 2. The summed E-state index contributed by atoms with van der Waals surface area (Å²) in [7, 11) is -3.62. The van der Waals surface area contributed by atoms with Gasteiger partial charge in [-0.3, -0.25) is 14.7 Å². The van der Waals surface area contributed by atoms with Crippen molar-refractivity contribution in [3.05, 3.63) is 51.2 Å². The molecule has 1 aromatic heterocycles. The van der Waals surface area contributed by atoms with Gasteiger partial charge in [0.05, 0.1) is 10.5 Å². The first-order valence-corrected chi connectivity index (χ1v) is 10.6. The van der Waals surface area contributed by atoms with Crippen LogP contribution in [0.25, 0.3) is 0 Å². The number of nitro groups is 1. The maximum Gasteiger partial charge on any atom is 0.417 e. The van der Waals surface area contributed by atoms with Gasteiger partial charge < -0.3 is 14.9 Å².